The molecule has 0 saturated carbocycles. The highest BCUT2D eigenvalue weighted by atomic mass is 16.1. The average molecular weight is 454 g/mol. The van der Waals surface area contributed by atoms with Crippen molar-refractivity contribution in [2.24, 2.45) is 0 Å². The van der Waals surface area contributed by atoms with Crippen LogP contribution in [-0.4, -0.2) is 36.9 Å². The van der Waals surface area contributed by atoms with E-state index >= 15 is 0 Å². The molecule has 1 heterocycles. The molecule has 2 atom stereocenters. The molecule has 4 nitrogen and oxygen atoms in total. The Hall–Kier alpha value is -3.37. The van der Waals surface area contributed by atoms with Crippen molar-refractivity contribution in [2.75, 3.05) is 30.3 Å². The number of carbonyl (C=O) groups is 1. The average Bonchev–Trinajstić information content (AvgIpc) is 2.82. The van der Waals surface area contributed by atoms with Crippen LogP contribution >= 0.6 is 0 Å². The molecule has 0 radical (unpaired) electrons. The summed E-state index contributed by atoms with van der Waals surface area (Å²) in [6.07, 6.45) is 7.51. The second-order valence-electron chi connectivity index (χ2n) is 9.13. The van der Waals surface area contributed by atoms with Gasteiger partial charge < -0.3 is 15.4 Å². The molecule has 0 aromatic heterocycles. The summed E-state index contributed by atoms with van der Waals surface area (Å²) in [6, 6.07) is 25.0. The molecule has 1 saturated heterocycles. The molecule has 1 aliphatic rings. The fourth-order valence-electron chi connectivity index (χ4n) is 4.34. The van der Waals surface area contributed by atoms with Gasteiger partial charge in [-0.05, 0) is 49.9 Å². The lowest BCUT2D eigenvalue weighted by atomic mass is 9.94. The number of aldehydes is 1. The van der Waals surface area contributed by atoms with E-state index in [1.54, 1.807) is 0 Å². The van der Waals surface area contributed by atoms with Gasteiger partial charge in [0.15, 0.2) is 0 Å². The van der Waals surface area contributed by atoms with Crippen LogP contribution in [0.4, 0.5) is 11.4 Å². The van der Waals surface area contributed by atoms with E-state index in [9.17, 15) is 4.79 Å². The van der Waals surface area contributed by atoms with Crippen LogP contribution in [0.25, 0.3) is 6.08 Å². The molecule has 0 bridgehead atoms. The van der Waals surface area contributed by atoms with Crippen molar-refractivity contribution in [3.8, 4) is 0 Å². The third-order valence-corrected chi connectivity index (χ3v) is 6.45. The van der Waals surface area contributed by atoms with Crippen LogP contribution in [0.1, 0.15) is 41.1 Å². The maximum absolute atomic E-state index is 12.3. The fourth-order valence-corrected chi connectivity index (χ4v) is 4.34. The monoisotopic (exact) mass is 453 g/mol. The quantitative estimate of drug-likeness (QED) is 0.266. The highest BCUT2D eigenvalue weighted by Crippen LogP contribution is 2.32. The topological polar surface area (TPSA) is 44.4 Å². The lowest BCUT2D eigenvalue weighted by Gasteiger charge is -2.41. The van der Waals surface area contributed by atoms with E-state index in [0.29, 0.717) is 0 Å². The molecule has 3 aromatic carbocycles. The molecule has 0 aliphatic carbocycles. The Morgan fingerprint density at radius 1 is 0.882 bits per heavy atom. The summed E-state index contributed by atoms with van der Waals surface area (Å²) in [4.78, 5) is 14.7. The van der Waals surface area contributed by atoms with Crippen molar-refractivity contribution in [3.05, 3.63) is 101 Å². The first-order chi connectivity index (χ1) is 16.6. The Bertz CT molecular complexity index is 1080. The molecule has 1 aliphatic heterocycles. The molecule has 2 unspecified atom stereocenters. The first kappa shape index (κ1) is 23.8. The predicted molar refractivity (Wildman–Crippen MR) is 143 cm³/mol. The number of rotatable bonds is 11. The smallest absolute Gasteiger partial charge is 0.144 e. The summed E-state index contributed by atoms with van der Waals surface area (Å²) in [7, 11) is 0. The zero-order valence-electron chi connectivity index (χ0n) is 20.2. The molecule has 4 rings (SSSR count). The molecule has 3 aromatic rings. The number of aryl methyl sites for hydroxylation is 2. The van der Waals surface area contributed by atoms with Gasteiger partial charge in [-0.2, -0.15) is 0 Å². The van der Waals surface area contributed by atoms with Crippen LogP contribution in [0.2, 0.25) is 0 Å². The number of anilines is 2. The minimum Gasteiger partial charge on any atom is -0.383 e. The SMILES string of the molecule is Cc1ccc(/C=C/CCNc2ccccc2NC(C=O)C(c2ccc(C)cc2)N2CCC2)cc1. The molecule has 2 N–H and O–H groups in total. The maximum Gasteiger partial charge on any atom is 0.144 e. The zero-order valence-corrected chi connectivity index (χ0v) is 20.2. The van der Waals surface area contributed by atoms with Gasteiger partial charge in [0, 0.05) is 19.6 Å². The number of likely N-dealkylation sites (tertiary alicyclic amines) is 1. The normalized spacial score (nSPS) is 15.5. The van der Waals surface area contributed by atoms with Crippen molar-refractivity contribution in [2.45, 2.75) is 38.8 Å². The van der Waals surface area contributed by atoms with E-state index in [1.165, 1.54) is 28.7 Å². The van der Waals surface area contributed by atoms with Gasteiger partial charge in [-0.25, -0.2) is 0 Å². The molecule has 4 heteroatoms. The highest BCUT2D eigenvalue weighted by molar-refractivity contribution is 5.74. The van der Waals surface area contributed by atoms with Crippen LogP contribution in [0.3, 0.4) is 0 Å². The summed E-state index contributed by atoms with van der Waals surface area (Å²) >= 11 is 0. The molecule has 176 valence electrons. The summed E-state index contributed by atoms with van der Waals surface area (Å²) in [5.41, 5.74) is 6.88. The molecular formula is C30H35N3O. The van der Waals surface area contributed by atoms with Crippen LogP contribution < -0.4 is 10.6 Å². The molecule has 1 fully saturated rings. The fraction of sp³-hybridized carbons (Fsp3) is 0.300. The van der Waals surface area contributed by atoms with Gasteiger partial charge in [-0.3, -0.25) is 4.90 Å². The van der Waals surface area contributed by atoms with Crippen LogP contribution in [0.15, 0.2) is 78.9 Å². The first-order valence-corrected chi connectivity index (χ1v) is 12.2. The Morgan fingerprint density at radius 3 is 2.15 bits per heavy atom. The predicted octanol–water partition coefficient (Wildman–Crippen LogP) is 6.25. The Balaban J connectivity index is 1.41. The number of carbonyl (C=O) groups excluding carboxylic acids is 1. The van der Waals surface area contributed by atoms with Gasteiger partial charge >= 0.3 is 0 Å². The van der Waals surface area contributed by atoms with Gasteiger partial charge in [0.05, 0.1) is 17.4 Å². The summed E-state index contributed by atoms with van der Waals surface area (Å²) in [5, 5.41) is 7.08. The molecule has 34 heavy (non-hydrogen) atoms. The highest BCUT2D eigenvalue weighted by Gasteiger charge is 2.32. The van der Waals surface area contributed by atoms with E-state index in [4.69, 9.17) is 0 Å². The number of hydrogen-bond donors (Lipinski definition) is 2. The molecule has 0 spiro atoms. The van der Waals surface area contributed by atoms with Crippen molar-refractivity contribution in [3.63, 3.8) is 0 Å². The Labute approximate surface area is 203 Å². The molecular weight excluding hydrogens is 418 g/mol. The number of para-hydroxylation sites is 2. The lowest BCUT2D eigenvalue weighted by molar-refractivity contribution is -0.110. The largest absolute Gasteiger partial charge is 0.383 e. The minimum atomic E-state index is -0.326. The van der Waals surface area contributed by atoms with E-state index in [0.717, 1.165) is 43.7 Å². The van der Waals surface area contributed by atoms with Crippen molar-refractivity contribution >= 4 is 23.7 Å². The maximum atomic E-state index is 12.3. The number of hydrogen-bond acceptors (Lipinski definition) is 4. The van der Waals surface area contributed by atoms with Crippen molar-refractivity contribution in [1.29, 1.82) is 0 Å². The number of nitrogens with zero attached hydrogens (tertiary/aromatic N) is 1. The summed E-state index contributed by atoms with van der Waals surface area (Å²) in [5.74, 6) is 0. The second-order valence-corrected chi connectivity index (χ2v) is 9.13. The lowest BCUT2D eigenvalue weighted by Crippen LogP contribution is -2.47. The number of benzene rings is 3. The van der Waals surface area contributed by atoms with Gasteiger partial charge in [0.2, 0.25) is 0 Å². The number of nitrogens with one attached hydrogen (secondary N) is 2. The standard InChI is InChI=1S/C30H35N3O/c1-23-11-15-25(16-12-23)8-5-6-19-31-27-9-3-4-10-28(27)32-29(22-34)30(33-20-7-21-33)26-17-13-24(2)14-18-26/h3-5,8-18,22,29-32H,6-7,19-21H2,1-2H3/b8-5+. The van der Waals surface area contributed by atoms with Gasteiger partial charge in [-0.1, -0.05) is 83.9 Å². The molecule has 0 amide bonds. The van der Waals surface area contributed by atoms with Gasteiger partial charge in [-0.15, -0.1) is 0 Å². The minimum absolute atomic E-state index is 0.0253. The second kappa shape index (κ2) is 11.7. The third-order valence-electron chi connectivity index (χ3n) is 6.45. The van der Waals surface area contributed by atoms with E-state index < -0.39 is 0 Å². The Kier molecular flexibility index (Phi) is 8.16. The van der Waals surface area contributed by atoms with E-state index in [2.05, 4.69) is 96.1 Å². The van der Waals surface area contributed by atoms with Crippen molar-refractivity contribution in [1.82, 2.24) is 4.90 Å². The van der Waals surface area contributed by atoms with Crippen LogP contribution in [-0.2, 0) is 4.79 Å². The zero-order chi connectivity index (χ0) is 23.8. The first-order valence-electron chi connectivity index (χ1n) is 12.2. The Morgan fingerprint density at radius 2 is 1.53 bits per heavy atom. The van der Waals surface area contributed by atoms with E-state index in [-0.39, 0.29) is 12.1 Å². The third kappa shape index (κ3) is 6.15. The summed E-state index contributed by atoms with van der Waals surface area (Å²) in [6.45, 7) is 7.07. The van der Waals surface area contributed by atoms with E-state index in [1.807, 2.05) is 18.2 Å². The van der Waals surface area contributed by atoms with Crippen LogP contribution in [0.5, 0.6) is 0 Å². The van der Waals surface area contributed by atoms with Crippen LogP contribution in [0, 0.1) is 13.8 Å². The van der Waals surface area contributed by atoms with Crippen molar-refractivity contribution < 1.29 is 4.79 Å². The van der Waals surface area contributed by atoms with Gasteiger partial charge in [0.25, 0.3) is 0 Å². The summed E-state index contributed by atoms with van der Waals surface area (Å²) < 4.78 is 0. The van der Waals surface area contributed by atoms with Gasteiger partial charge in [0.1, 0.15) is 12.3 Å².